The van der Waals surface area contributed by atoms with Crippen molar-refractivity contribution < 1.29 is 9.53 Å². The second-order valence-electron chi connectivity index (χ2n) is 4.93. The van der Waals surface area contributed by atoms with Crippen LogP contribution in [0.1, 0.15) is 18.4 Å². The minimum Gasteiger partial charge on any atom is -0.384 e. The Kier molecular flexibility index (Phi) is 5.15. The summed E-state index contributed by atoms with van der Waals surface area (Å²) in [6.45, 7) is 2.87. The predicted molar refractivity (Wildman–Crippen MR) is 72.6 cm³/mol. The monoisotopic (exact) mass is 263 g/mol. The first-order valence-corrected chi connectivity index (χ1v) is 6.70. The normalized spacial score (nSPS) is 19.2. The molecule has 19 heavy (non-hydrogen) atoms. The van der Waals surface area contributed by atoms with Crippen LogP contribution in [0.4, 0.5) is 4.79 Å². The molecule has 0 spiro atoms. The second-order valence-corrected chi connectivity index (χ2v) is 4.93. The van der Waals surface area contributed by atoms with Gasteiger partial charge in [0, 0.05) is 45.1 Å². The molecular weight excluding hydrogens is 242 g/mol. The Hall–Kier alpha value is -1.62. The van der Waals surface area contributed by atoms with Gasteiger partial charge in [0.25, 0.3) is 0 Å². The van der Waals surface area contributed by atoms with Crippen LogP contribution in [-0.4, -0.2) is 42.7 Å². The van der Waals surface area contributed by atoms with Crippen LogP contribution in [0.2, 0.25) is 0 Å². The summed E-state index contributed by atoms with van der Waals surface area (Å²) in [4.78, 5) is 18.0. The van der Waals surface area contributed by atoms with Gasteiger partial charge in [-0.3, -0.25) is 4.98 Å². The molecule has 1 aliphatic heterocycles. The van der Waals surface area contributed by atoms with E-state index in [1.807, 2.05) is 17.0 Å². The lowest BCUT2D eigenvalue weighted by atomic mass is 9.99. The Balaban J connectivity index is 1.79. The van der Waals surface area contributed by atoms with E-state index in [-0.39, 0.29) is 6.03 Å². The first kappa shape index (κ1) is 13.8. The highest BCUT2D eigenvalue weighted by Crippen LogP contribution is 2.16. The smallest absolute Gasteiger partial charge is 0.317 e. The molecule has 2 rings (SSSR count). The Morgan fingerprint density at radius 3 is 3.26 bits per heavy atom. The third-order valence-corrected chi connectivity index (χ3v) is 3.38. The van der Waals surface area contributed by atoms with E-state index in [1.165, 1.54) is 0 Å². The third-order valence-electron chi connectivity index (χ3n) is 3.38. The van der Waals surface area contributed by atoms with Gasteiger partial charge < -0.3 is 15.0 Å². The summed E-state index contributed by atoms with van der Waals surface area (Å²) in [6, 6.07) is 3.83. The molecular formula is C14H21N3O2. The molecule has 1 atom stereocenters. The largest absolute Gasteiger partial charge is 0.384 e. The van der Waals surface area contributed by atoms with E-state index < -0.39 is 0 Å². The van der Waals surface area contributed by atoms with E-state index in [4.69, 9.17) is 4.74 Å². The van der Waals surface area contributed by atoms with Gasteiger partial charge in [-0.2, -0.15) is 0 Å². The van der Waals surface area contributed by atoms with Crippen LogP contribution in [0, 0.1) is 5.92 Å². The number of aromatic nitrogens is 1. The highest BCUT2D eigenvalue weighted by Gasteiger charge is 2.23. The molecule has 0 aliphatic carbocycles. The summed E-state index contributed by atoms with van der Waals surface area (Å²) < 4.78 is 5.17. The lowest BCUT2D eigenvalue weighted by Crippen LogP contribution is -2.46. The van der Waals surface area contributed by atoms with Crippen molar-refractivity contribution in [3.05, 3.63) is 30.1 Å². The first-order chi connectivity index (χ1) is 9.29. The summed E-state index contributed by atoms with van der Waals surface area (Å²) in [7, 11) is 1.71. The van der Waals surface area contributed by atoms with Crippen molar-refractivity contribution in [1.29, 1.82) is 0 Å². The molecule has 5 nitrogen and oxygen atoms in total. The van der Waals surface area contributed by atoms with Crippen molar-refractivity contribution in [2.24, 2.45) is 5.92 Å². The fraction of sp³-hybridized carbons (Fsp3) is 0.571. The summed E-state index contributed by atoms with van der Waals surface area (Å²) in [5.41, 5.74) is 1.02. The van der Waals surface area contributed by atoms with Crippen molar-refractivity contribution in [3.63, 3.8) is 0 Å². The number of carbonyl (C=O) groups is 1. The number of hydrogen-bond acceptors (Lipinski definition) is 3. The molecule has 0 radical (unpaired) electrons. The number of piperidine rings is 1. The molecule has 2 amide bonds. The molecule has 2 heterocycles. The standard InChI is InChI=1S/C14H21N3O2/c1-19-11-13-5-3-7-17(10-13)14(18)16-9-12-4-2-6-15-8-12/h2,4,6,8,13H,3,5,7,9-11H2,1H3,(H,16,18). The van der Waals surface area contributed by atoms with Gasteiger partial charge in [0.1, 0.15) is 0 Å². The second kappa shape index (κ2) is 7.09. The molecule has 0 bridgehead atoms. The van der Waals surface area contributed by atoms with E-state index >= 15 is 0 Å². The Morgan fingerprint density at radius 1 is 1.63 bits per heavy atom. The SMILES string of the molecule is COCC1CCCN(C(=O)NCc2cccnc2)C1. The number of hydrogen-bond donors (Lipinski definition) is 1. The maximum absolute atomic E-state index is 12.1. The molecule has 1 aromatic heterocycles. The number of amides is 2. The van der Waals surface area contributed by atoms with Crippen LogP contribution < -0.4 is 5.32 Å². The average Bonchev–Trinajstić information content (AvgIpc) is 2.46. The summed E-state index contributed by atoms with van der Waals surface area (Å²) in [6.07, 6.45) is 5.68. The van der Waals surface area contributed by atoms with Gasteiger partial charge in [0.05, 0.1) is 6.61 Å². The van der Waals surface area contributed by atoms with Crippen molar-refractivity contribution in [2.75, 3.05) is 26.8 Å². The number of nitrogens with zero attached hydrogens (tertiary/aromatic N) is 2. The number of nitrogens with one attached hydrogen (secondary N) is 1. The van der Waals surface area contributed by atoms with Crippen molar-refractivity contribution in [1.82, 2.24) is 15.2 Å². The zero-order valence-corrected chi connectivity index (χ0v) is 11.3. The molecule has 1 fully saturated rings. The topological polar surface area (TPSA) is 54.5 Å². The molecule has 1 aliphatic rings. The Labute approximate surface area is 114 Å². The lowest BCUT2D eigenvalue weighted by molar-refractivity contribution is 0.100. The minimum atomic E-state index is 0.00431. The average molecular weight is 263 g/mol. The minimum absolute atomic E-state index is 0.00431. The van der Waals surface area contributed by atoms with Gasteiger partial charge in [0.15, 0.2) is 0 Å². The van der Waals surface area contributed by atoms with E-state index in [0.717, 1.165) is 38.1 Å². The van der Waals surface area contributed by atoms with Crippen LogP contribution in [0.5, 0.6) is 0 Å². The number of methoxy groups -OCH3 is 1. The molecule has 1 aromatic rings. The fourth-order valence-electron chi connectivity index (χ4n) is 2.41. The predicted octanol–water partition coefficient (Wildman–Crippen LogP) is 1.65. The highest BCUT2D eigenvalue weighted by molar-refractivity contribution is 5.74. The van der Waals surface area contributed by atoms with Gasteiger partial charge in [-0.05, 0) is 24.5 Å². The summed E-state index contributed by atoms with van der Waals surface area (Å²) in [5, 5.41) is 2.94. The highest BCUT2D eigenvalue weighted by atomic mass is 16.5. The molecule has 0 aromatic carbocycles. The summed E-state index contributed by atoms with van der Waals surface area (Å²) in [5.74, 6) is 0.461. The first-order valence-electron chi connectivity index (χ1n) is 6.70. The van der Waals surface area contributed by atoms with Gasteiger partial charge in [-0.25, -0.2) is 4.79 Å². The molecule has 5 heteroatoms. The van der Waals surface area contributed by atoms with E-state index in [2.05, 4.69) is 10.3 Å². The zero-order chi connectivity index (χ0) is 13.5. The van der Waals surface area contributed by atoms with Crippen LogP contribution in [0.15, 0.2) is 24.5 Å². The van der Waals surface area contributed by atoms with Crippen molar-refractivity contribution >= 4 is 6.03 Å². The number of urea groups is 1. The molecule has 1 saturated heterocycles. The Morgan fingerprint density at radius 2 is 2.53 bits per heavy atom. The zero-order valence-electron chi connectivity index (χ0n) is 11.3. The number of ether oxygens (including phenoxy) is 1. The van der Waals surface area contributed by atoms with Gasteiger partial charge >= 0.3 is 6.03 Å². The van der Waals surface area contributed by atoms with Crippen molar-refractivity contribution in [3.8, 4) is 0 Å². The van der Waals surface area contributed by atoms with Gasteiger partial charge in [-0.15, -0.1) is 0 Å². The summed E-state index contributed by atoms with van der Waals surface area (Å²) >= 11 is 0. The maximum atomic E-state index is 12.1. The van der Waals surface area contributed by atoms with Crippen LogP contribution in [-0.2, 0) is 11.3 Å². The van der Waals surface area contributed by atoms with Crippen molar-refractivity contribution in [2.45, 2.75) is 19.4 Å². The lowest BCUT2D eigenvalue weighted by Gasteiger charge is -2.32. The molecule has 0 saturated carbocycles. The molecule has 1 N–H and O–H groups in total. The third kappa shape index (κ3) is 4.21. The van der Waals surface area contributed by atoms with Gasteiger partial charge in [0.2, 0.25) is 0 Å². The van der Waals surface area contributed by atoms with Crippen LogP contribution in [0.3, 0.4) is 0 Å². The van der Waals surface area contributed by atoms with E-state index in [0.29, 0.717) is 12.5 Å². The number of likely N-dealkylation sites (tertiary alicyclic amines) is 1. The molecule has 104 valence electrons. The van der Waals surface area contributed by atoms with Crippen LogP contribution >= 0.6 is 0 Å². The number of pyridine rings is 1. The van der Waals surface area contributed by atoms with E-state index in [1.54, 1.807) is 19.5 Å². The Bertz CT molecular complexity index is 395. The quantitative estimate of drug-likeness (QED) is 0.898. The van der Waals surface area contributed by atoms with Gasteiger partial charge in [-0.1, -0.05) is 6.07 Å². The maximum Gasteiger partial charge on any atom is 0.317 e. The van der Waals surface area contributed by atoms with Crippen LogP contribution in [0.25, 0.3) is 0 Å². The molecule has 1 unspecified atom stereocenters. The number of carbonyl (C=O) groups excluding carboxylic acids is 1. The number of rotatable bonds is 4. The fourth-order valence-corrected chi connectivity index (χ4v) is 2.41. The van der Waals surface area contributed by atoms with E-state index in [9.17, 15) is 4.79 Å².